The van der Waals surface area contributed by atoms with E-state index in [-0.39, 0.29) is 12.7 Å². The minimum absolute atomic E-state index is 0.0752. The van der Waals surface area contributed by atoms with Crippen molar-refractivity contribution in [3.63, 3.8) is 0 Å². The molecule has 0 saturated carbocycles. The number of rotatable bonds is 7. The van der Waals surface area contributed by atoms with E-state index < -0.39 is 5.60 Å². The van der Waals surface area contributed by atoms with Crippen LogP contribution in [0.3, 0.4) is 0 Å². The first kappa shape index (κ1) is 22.4. The fraction of sp³-hybridized carbons (Fsp3) is 0.320. The molecule has 5 heterocycles. The van der Waals surface area contributed by atoms with Crippen LogP contribution < -0.4 is 14.4 Å². The van der Waals surface area contributed by atoms with Crippen LogP contribution in [0.5, 0.6) is 11.6 Å². The van der Waals surface area contributed by atoms with Gasteiger partial charge in [0.05, 0.1) is 35.1 Å². The van der Waals surface area contributed by atoms with Crippen molar-refractivity contribution in [1.82, 2.24) is 19.6 Å². The first-order valence-electron chi connectivity index (χ1n) is 11.2. The van der Waals surface area contributed by atoms with E-state index in [4.69, 9.17) is 26.1 Å². The molecule has 1 fully saturated rings. The standard InChI is InChI=1S/C25H26ClN5O3/c1-25(2,32)16-33-19-11-20(24-21(26)13-29-31(24)15-19)17-6-7-22(28-12-17)30-10-8-18(14-30)34-23-5-3-4-9-27-23/h3-7,9,11-13,15,18,32H,8,10,14,16H2,1-2H3/t18-/m0/s1. The van der Waals surface area contributed by atoms with E-state index in [2.05, 4.69) is 15.0 Å². The maximum atomic E-state index is 10.0. The molecule has 176 valence electrons. The Bertz CT molecular complexity index is 1270. The Balaban J connectivity index is 1.36. The summed E-state index contributed by atoms with van der Waals surface area (Å²) in [5, 5.41) is 14.9. The number of aromatic nitrogens is 4. The summed E-state index contributed by atoms with van der Waals surface area (Å²) in [6.07, 6.45) is 7.91. The molecule has 4 aromatic heterocycles. The van der Waals surface area contributed by atoms with Crippen molar-refractivity contribution in [2.75, 3.05) is 24.6 Å². The number of aliphatic hydroxyl groups is 1. The molecule has 1 saturated heterocycles. The molecule has 9 heteroatoms. The van der Waals surface area contributed by atoms with Crippen LogP contribution in [0.25, 0.3) is 16.6 Å². The molecule has 0 aromatic carbocycles. The molecule has 4 aromatic rings. The maximum absolute atomic E-state index is 10.0. The van der Waals surface area contributed by atoms with Crippen LogP contribution in [0, 0.1) is 0 Å². The van der Waals surface area contributed by atoms with Crippen molar-refractivity contribution >= 4 is 22.9 Å². The third-order valence-corrected chi connectivity index (χ3v) is 5.86. The Morgan fingerprint density at radius 1 is 1.18 bits per heavy atom. The molecule has 34 heavy (non-hydrogen) atoms. The fourth-order valence-electron chi connectivity index (χ4n) is 3.97. The Hall–Kier alpha value is -3.36. The lowest BCUT2D eigenvalue weighted by Crippen LogP contribution is -2.27. The van der Waals surface area contributed by atoms with Crippen LogP contribution in [0.2, 0.25) is 5.02 Å². The zero-order chi connectivity index (χ0) is 23.7. The lowest BCUT2D eigenvalue weighted by molar-refractivity contribution is 0.0283. The van der Waals surface area contributed by atoms with Crippen molar-refractivity contribution in [2.45, 2.75) is 32.0 Å². The van der Waals surface area contributed by atoms with E-state index in [0.717, 1.165) is 42.0 Å². The number of ether oxygens (including phenoxy) is 2. The summed E-state index contributed by atoms with van der Waals surface area (Å²) in [4.78, 5) is 11.2. The SMILES string of the molecule is CC(C)(O)COc1cc(-c2ccc(N3CC[C@H](Oc4ccccn4)C3)nc2)c2c(Cl)cnn2c1. The second-order valence-electron chi connectivity index (χ2n) is 9.02. The highest BCUT2D eigenvalue weighted by atomic mass is 35.5. The van der Waals surface area contributed by atoms with E-state index >= 15 is 0 Å². The van der Waals surface area contributed by atoms with E-state index in [1.807, 2.05) is 42.6 Å². The topological polar surface area (TPSA) is 85.0 Å². The van der Waals surface area contributed by atoms with E-state index in [1.54, 1.807) is 37.0 Å². The van der Waals surface area contributed by atoms with Gasteiger partial charge in [0.1, 0.15) is 24.3 Å². The molecule has 0 aliphatic carbocycles. The smallest absolute Gasteiger partial charge is 0.213 e. The van der Waals surface area contributed by atoms with Gasteiger partial charge in [-0.1, -0.05) is 17.7 Å². The van der Waals surface area contributed by atoms with Crippen LogP contribution in [0.1, 0.15) is 20.3 Å². The molecule has 1 atom stereocenters. The van der Waals surface area contributed by atoms with Gasteiger partial charge in [0.2, 0.25) is 5.88 Å². The molecule has 0 unspecified atom stereocenters. The fourth-order valence-corrected chi connectivity index (χ4v) is 4.20. The molecule has 5 rings (SSSR count). The molecular formula is C25H26ClN5O3. The quantitative estimate of drug-likeness (QED) is 0.424. The van der Waals surface area contributed by atoms with Gasteiger partial charge in [-0.3, -0.25) is 0 Å². The zero-order valence-corrected chi connectivity index (χ0v) is 19.8. The highest BCUT2D eigenvalue weighted by molar-refractivity contribution is 6.34. The summed E-state index contributed by atoms with van der Waals surface area (Å²) < 4.78 is 13.5. The molecule has 0 radical (unpaired) electrons. The maximum Gasteiger partial charge on any atom is 0.213 e. The molecular weight excluding hydrogens is 454 g/mol. The zero-order valence-electron chi connectivity index (χ0n) is 19.1. The average Bonchev–Trinajstić information content (AvgIpc) is 3.44. The molecule has 1 N–H and O–H groups in total. The van der Waals surface area contributed by atoms with Gasteiger partial charge in [0.15, 0.2) is 0 Å². The highest BCUT2D eigenvalue weighted by Gasteiger charge is 2.25. The number of pyridine rings is 3. The number of hydrogen-bond donors (Lipinski definition) is 1. The Kier molecular flexibility index (Phi) is 6.02. The van der Waals surface area contributed by atoms with Crippen LogP contribution in [0.15, 0.2) is 61.2 Å². The number of hydrogen-bond acceptors (Lipinski definition) is 7. The number of fused-ring (bicyclic) bond motifs is 1. The summed E-state index contributed by atoms with van der Waals surface area (Å²) in [5.41, 5.74) is 1.57. The van der Waals surface area contributed by atoms with Crippen molar-refractivity contribution < 1.29 is 14.6 Å². The van der Waals surface area contributed by atoms with Crippen LogP contribution in [-0.4, -0.2) is 56.1 Å². The lowest BCUT2D eigenvalue weighted by Gasteiger charge is -2.19. The summed E-state index contributed by atoms with van der Waals surface area (Å²) in [6, 6.07) is 11.6. The second-order valence-corrected chi connectivity index (χ2v) is 9.43. The molecule has 1 aliphatic rings. The monoisotopic (exact) mass is 479 g/mol. The van der Waals surface area contributed by atoms with Crippen LogP contribution >= 0.6 is 11.6 Å². The molecule has 0 bridgehead atoms. The molecule has 0 spiro atoms. The van der Waals surface area contributed by atoms with Gasteiger partial charge >= 0.3 is 0 Å². The summed E-state index contributed by atoms with van der Waals surface area (Å²) >= 11 is 6.44. The predicted molar refractivity (Wildman–Crippen MR) is 131 cm³/mol. The van der Waals surface area contributed by atoms with Gasteiger partial charge in [-0.25, -0.2) is 14.5 Å². The first-order chi connectivity index (χ1) is 16.4. The van der Waals surface area contributed by atoms with Crippen molar-refractivity contribution in [3.8, 4) is 22.8 Å². The van der Waals surface area contributed by atoms with Gasteiger partial charge in [-0.05, 0) is 38.1 Å². The largest absolute Gasteiger partial charge is 0.489 e. The van der Waals surface area contributed by atoms with Crippen molar-refractivity contribution in [1.29, 1.82) is 0 Å². The highest BCUT2D eigenvalue weighted by Crippen LogP contribution is 2.34. The molecule has 0 amide bonds. The van der Waals surface area contributed by atoms with Crippen LogP contribution in [-0.2, 0) is 0 Å². The van der Waals surface area contributed by atoms with Crippen LogP contribution in [0.4, 0.5) is 5.82 Å². The Labute approximate surface area is 202 Å². The predicted octanol–water partition coefficient (Wildman–Crippen LogP) is 4.25. The second kappa shape index (κ2) is 9.12. The molecule has 8 nitrogen and oxygen atoms in total. The molecule has 1 aliphatic heterocycles. The van der Waals surface area contributed by atoms with Gasteiger partial charge in [-0.15, -0.1) is 0 Å². The van der Waals surface area contributed by atoms with Gasteiger partial charge in [0, 0.05) is 42.6 Å². The average molecular weight is 480 g/mol. The normalized spacial score (nSPS) is 16.2. The number of halogens is 1. The third kappa shape index (κ3) is 4.93. The minimum Gasteiger partial charge on any atom is -0.489 e. The number of anilines is 1. The number of nitrogens with zero attached hydrogens (tertiary/aromatic N) is 5. The van der Waals surface area contributed by atoms with Gasteiger partial charge < -0.3 is 19.5 Å². The van der Waals surface area contributed by atoms with E-state index in [1.165, 1.54) is 0 Å². The summed E-state index contributed by atoms with van der Waals surface area (Å²) in [6.45, 7) is 5.17. The Morgan fingerprint density at radius 2 is 2.06 bits per heavy atom. The van der Waals surface area contributed by atoms with E-state index in [9.17, 15) is 5.11 Å². The first-order valence-corrected chi connectivity index (χ1v) is 11.5. The lowest BCUT2D eigenvalue weighted by atomic mass is 10.1. The van der Waals surface area contributed by atoms with E-state index in [0.29, 0.717) is 16.7 Å². The summed E-state index contributed by atoms with van der Waals surface area (Å²) in [7, 11) is 0. The minimum atomic E-state index is -0.950. The van der Waals surface area contributed by atoms with Gasteiger partial charge in [0.25, 0.3) is 0 Å². The Morgan fingerprint density at radius 3 is 2.79 bits per heavy atom. The van der Waals surface area contributed by atoms with Crippen molar-refractivity contribution in [3.05, 3.63) is 66.2 Å². The third-order valence-electron chi connectivity index (χ3n) is 5.59. The summed E-state index contributed by atoms with van der Waals surface area (Å²) in [5.74, 6) is 2.12. The van der Waals surface area contributed by atoms with Crippen molar-refractivity contribution in [2.24, 2.45) is 0 Å². The van der Waals surface area contributed by atoms with Gasteiger partial charge in [-0.2, -0.15) is 5.10 Å².